The van der Waals surface area contributed by atoms with E-state index in [-0.39, 0.29) is 10.6 Å². The summed E-state index contributed by atoms with van der Waals surface area (Å²) in [5, 5.41) is 2.47. The van der Waals surface area contributed by atoms with Crippen LogP contribution >= 0.6 is 0 Å². The van der Waals surface area contributed by atoms with Gasteiger partial charge in [0.25, 0.3) is 0 Å². The van der Waals surface area contributed by atoms with Gasteiger partial charge in [0.05, 0.1) is 17.5 Å². The molecule has 2 N–H and O–H groups in total. The molecule has 2 aromatic rings. The third-order valence-corrected chi connectivity index (χ3v) is 5.11. The Morgan fingerprint density at radius 3 is 2.58 bits per heavy atom. The lowest BCUT2D eigenvalue weighted by Crippen LogP contribution is -2.41. The van der Waals surface area contributed by atoms with Gasteiger partial charge in [-0.3, -0.25) is 4.79 Å². The molecule has 0 aliphatic rings. The first kappa shape index (κ1) is 19.9. The number of carbonyl (C=O) groups is 1. The first-order valence-electron chi connectivity index (χ1n) is 8.05. The molecule has 2 rings (SSSR count). The minimum atomic E-state index is -3.90. The van der Waals surface area contributed by atoms with E-state index in [1.807, 2.05) is 6.92 Å². The van der Waals surface area contributed by atoms with Crippen LogP contribution in [0.25, 0.3) is 0 Å². The molecule has 0 saturated heterocycles. The number of amides is 1. The van der Waals surface area contributed by atoms with Crippen LogP contribution in [0.2, 0.25) is 0 Å². The van der Waals surface area contributed by atoms with Gasteiger partial charge in [0, 0.05) is 5.69 Å². The van der Waals surface area contributed by atoms with Gasteiger partial charge >= 0.3 is 0 Å². The molecule has 0 bridgehead atoms. The Morgan fingerprint density at radius 1 is 1.23 bits per heavy atom. The normalized spacial score (nSPS) is 12.5. The number of nitrogens with one attached hydrogen (secondary N) is 2. The Hall–Kier alpha value is -2.45. The largest absolute Gasteiger partial charge is 0.494 e. The van der Waals surface area contributed by atoms with Crippen molar-refractivity contribution in [3.05, 3.63) is 53.8 Å². The maximum absolute atomic E-state index is 13.2. The third kappa shape index (κ3) is 5.03. The number of ether oxygens (including phenoxy) is 1. The third-order valence-electron chi connectivity index (χ3n) is 3.57. The van der Waals surface area contributed by atoms with Gasteiger partial charge in [-0.15, -0.1) is 0 Å². The second-order valence-electron chi connectivity index (χ2n) is 5.70. The monoisotopic (exact) mass is 380 g/mol. The second kappa shape index (κ2) is 8.29. The molecule has 0 fully saturated rings. The van der Waals surface area contributed by atoms with E-state index in [0.717, 1.165) is 6.07 Å². The molecule has 6 nitrogen and oxygen atoms in total. The van der Waals surface area contributed by atoms with Crippen molar-refractivity contribution >= 4 is 21.6 Å². The molecule has 0 aliphatic heterocycles. The topological polar surface area (TPSA) is 84.5 Å². The van der Waals surface area contributed by atoms with Gasteiger partial charge in [-0.2, -0.15) is 4.72 Å². The van der Waals surface area contributed by atoms with E-state index >= 15 is 0 Å². The van der Waals surface area contributed by atoms with E-state index in [0.29, 0.717) is 17.9 Å². The molecule has 0 heterocycles. The Kier molecular flexibility index (Phi) is 6.33. The molecule has 0 spiro atoms. The summed E-state index contributed by atoms with van der Waals surface area (Å²) in [7, 11) is -3.90. The number of hydrogen-bond acceptors (Lipinski definition) is 4. The van der Waals surface area contributed by atoms with E-state index in [2.05, 4.69) is 10.0 Å². The van der Waals surface area contributed by atoms with Crippen LogP contribution in [0.1, 0.15) is 19.4 Å². The van der Waals surface area contributed by atoms with Gasteiger partial charge in [-0.25, -0.2) is 12.8 Å². The Morgan fingerprint density at radius 2 is 1.96 bits per heavy atom. The predicted octanol–water partition coefficient (Wildman–Crippen LogP) is 2.84. The van der Waals surface area contributed by atoms with E-state index < -0.39 is 27.8 Å². The minimum Gasteiger partial charge on any atom is -0.494 e. The Balaban J connectivity index is 2.10. The van der Waals surface area contributed by atoms with E-state index in [1.54, 1.807) is 13.0 Å². The summed E-state index contributed by atoms with van der Waals surface area (Å²) in [5.74, 6) is -0.494. The number of aryl methyl sites for hydroxylation is 1. The smallest absolute Gasteiger partial charge is 0.242 e. The zero-order chi connectivity index (χ0) is 19.3. The summed E-state index contributed by atoms with van der Waals surface area (Å²) in [5.41, 5.74) is 0.921. The summed E-state index contributed by atoms with van der Waals surface area (Å²) < 4.78 is 45.8. The number of sulfonamides is 1. The SMILES string of the molecule is CCOc1ccc(S(=O)(=O)N[C@@H](C)C(=O)Nc2cccc(F)c2)cc1C. The lowest BCUT2D eigenvalue weighted by molar-refractivity contribution is -0.117. The maximum atomic E-state index is 13.2. The van der Waals surface area contributed by atoms with Crippen molar-refractivity contribution in [3.8, 4) is 5.75 Å². The highest BCUT2D eigenvalue weighted by molar-refractivity contribution is 7.89. The minimum absolute atomic E-state index is 0.0314. The second-order valence-corrected chi connectivity index (χ2v) is 7.42. The Bertz CT molecular complexity index is 900. The maximum Gasteiger partial charge on any atom is 0.242 e. The van der Waals surface area contributed by atoms with E-state index in [4.69, 9.17) is 4.74 Å². The number of hydrogen-bond donors (Lipinski definition) is 2. The Labute approximate surface area is 152 Å². The van der Waals surface area contributed by atoms with Crippen LogP contribution in [0.3, 0.4) is 0 Å². The summed E-state index contributed by atoms with van der Waals surface area (Å²) in [4.78, 5) is 12.2. The van der Waals surface area contributed by atoms with Gasteiger partial charge < -0.3 is 10.1 Å². The van der Waals surface area contributed by atoms with Crippen molar-refractivity contribution in [2.45, 2.75) is 31.7 Å². The fourth-order valence-electron chi connectivity index (χ4n) is 2.28. The zero-order valence-electron chi connectivity index (χ0n) is 14.7. The molecule has 2 aromatic carbocycles. The van der Waals surface area contributed by atoms with Crippen molar-refractivity contribution in [1.29, 1.82) is 0 Å². The molecule has 0 aliphatic carbocycles. The number of carbonyl (C=O) groups excluding carboxylic acids is 1. The van der Waals surface area contributed by atoms with Gasteiger partial charge in [-0.1, -0.05) is 6.07 Å². The van der Waals surface area contributed by atoms with Crippen LogP contribution in [0, 0.1) is 12.7 Å². The molecular formula is C18H21FN2O4S. The lowest BCUT2D eigenvalue weighted by atomic mass is 10.2. The lowest BCUT2D eigenvalue weighted by Gasteiger charge is -2.15. The molecule has 26 heavy (non-hydrogen) atoms. The fourth-order valence-corrected chi connectivity index (χ4v) is 3.57. The predicted molar refractivity (Wildman–Crippen MR) is 97.2 cm³/mol. The summed E-state index contributed by atoms with van der Waals surface area (Å²) >= 11 is 0. The molecule has 0 radical (unpaired) electrons. The number of anilines is 1. The molecule has 1 amide bonds. The number of benzene rings is 2. The summed E-state index contributed by atoms with van der Waals surface area (Å²) in [6.07, 6.45) is 0. The van der Waals surface area contributed by atoms with Crippen LogP contribution in [0.5, 0.6) is 5.75 Å². The van der Waals surface area contributed by atoms with Gasteiger partial charge in [0.15, 0.2) is 0 Å². The number of rotatable bonds is 7. The van der Waals surface area contributed by atoms with Gasteiger partial charge in [0.2, 0.25) is 15.9 Å². The standard InChI is InChI=1S/C18H21FN2O4S/c1-4-25-17-9-8-16(10-12(17)2)26(23,24)21-13(3)18(22)20-15-7-5-6-14(19)11-15/h5-11,13,21H,4H2,1-3H3,(H,20,22)/t13-/m0/s1. The average Bonchev–Trinajstić information content (AvgIpc) is 2.56. The van der Waals surface area contributed by atoms with Crippen molar-refractivity contribution < 1.29 is 22.3 Å². The highest BCUT2D eigenvalue weighted by Crippen LogP contribution is 2.22. The van der Waals surface area contributed by atoms with Crippen molar-refractivity contribution in [2.24, 2.45) is 0 Å². The van der Waals surface area contributed by atoms with E-state index in [9.17, 15) is 17.6 Å². The van der Waals surface area contributed by atoms with E-state index in [1.165, 1.54) is 37.3 Å². The number of halogens is 1. The first-order chi connectivity index (χ1) is 12.2. The molecule has 0 unspecified atom stereocenters. The van der Waals surface area contributed by atoms with Crippen LogP contribution in [0.4, 0.5) is 10.1 Å². The zero-order valence-corrected chi connectivity index (χ0v) is 15.6. The molecular weight excluding hydrogens is 359 g/mol. The van der Waals surface area contributed by atoms with Crippen molar-refractivity contribution in [1.82, 2.24) is 4.72 Å². The highest BCUT2D eigenvalue weighted by Gasteiger charge is 2.23. The molecule has 1 atom stereocenters. The van der Waals surface area contributed by atoms with Crippen LogP contribution in [-0.4, -0.2) is 27.0 Å². The molecule has 140 valence electrons. The van der Waals surface area contributed by atoms with Gasteiger partial charge in [0.1, 0.15) is 11.6 Å². The first-order valence-corrected chi connectivity index (χ1v) is 9.53. The molecule has 0 saturated carbocycles. The van der Waals surface area contributed by atoms with Crippen LogP contribution < -0.4 is 14.8 Å². The molecule has 8 heteroatoms. The van der Waals surface area contributed by atoms with Gasteiger partial charge in [-0.05, 0) is 62.7 Å². The van der Waals surface area contributed by atoms with Crippen LogP contribution in [0.15, 0.2) is 47.4 Å². The summed E-state index contributed by atoms with van der Waals surface area (Å²) in [6.45, 7) is 5.46. The quantitative estimate of drug-likeness (QED) is 0.774. The van der Waals surface area contributed by atoms with Crippen LogP contribution in [-0.2, 0) is 14.8 Å². The average molecular weight is 380 g/mol. The summed E-state index contributed by atoms with van der Waals surface area (Å²) in [6, 6.07) is 8.77. The van der Waals surface area contributed by atoms with Crippen molar-refractivity contribution in [2.75, 3.05) is 11.9 Å². The highest BCUT2D eigenvalue weighted by atomic mass is 32.2. The molecule has 0 aromatic heterocycles. The fraction of sp³-hybridized carbons (Fsp3) is 0.278. The van der Waals surface area contributed by atoms with Crippen molar-refractivity contribution in [3.63, 3.8) is 0 Å².